The molecule has 0 saturated carbocycles. The molecule has 0 aromatic carbocycles. The van der Waals surface area contributed by atoms with Crippen molar-refractivity contribution in [2.45, 2.75) is 25.3 Å². The van der Waals surface area contributed by atoms with Gasteiger partial charge in [0.2, 0.25) is 0 Å². The van der Waals surface area contributed by atoms with Gasteiger partial charge >= 0.3 is 0 Å². The lowest BCUT2D eigenvalue weighted by Crippen LogP contribution is -2.39. The Bertz CT molecular complexity index is 318. The fourth-order valence-corrected chi connectivity index (χ4v) is 3.90. The molecular weight excluding hydrogens is 294 g/mol. The van der Waals surface area contributed by atoms with Crippen molar-refractivity contribution in [1.82, 2.24) is 4.90 Å². The first-order valence-corrected chi connectivity index (χ1v) is 7.34. The molecule has 0 bridgehead atoms. The zero-order chi connectivity index (χ0) is 10.8. The molecule has 1 fully saturated rings. The molecule has 2 heterocycles. The summed E-state index contributed by atoms with van der Waals surface area (Å²) in [5, 5.41) is 2.46. The number of hydrogen-bond donors (Lipinski definition) is 0. The summed E-state index contributed by atoms with van der Waals surface area (Å²) in [6, 6.07) is 2.19. The number of alkyl halides is 1. The Balaban J connectivity index is 1.97. The van der Waals surface area contributed by atoms with Crippen LogP contribution in [0.5, 0.6) is 0 Å². The number of piperidine rings is 1. The van der Waals surface area contributed by atoms with Gasteiger partial charge in [-0.2, -0.15) is 0 Å². The molecule has 1 aromatic heterocycles. The third-order valence-corrected chi connectivity index (χ3v) is 4.90. The first-order valence-electron chi connectivity index (χ1n) is 5.23. The van der Waals surface area contributed by atoms with Gasteiger partial charge in [0.25, 0.3) is 0 Å². The predicted molar refractivity (Wildman–Crippen MR) is 70.7 cm³/mol. The number of nitrogens with zero attached hydrogens (tertiary/aromatic N) is 1. The quantitative estimate of drug-likeness (QED) is 0.748. The first-order chi connectivity index (χ1) is 7.15. The Morgan fingerprint density at radius 1 is 1.60 bits per heavy atom. The minimum Gasteiger partial charge on any atom is -0.297 e. The molecule has 4 heteroatoms. The molecule has 1 aliphatic heterocycles. The zero-order valence-corrected chi connectivity index (χ0v) is 11.9. The van der Waals surface area contributed by atoms with E-state index < -0.39 is 0 Å². The lowest BCUT2D eigenvalue weighted by atomic mass is 9.99. The van der Waals surface area contributed by atoms with E-state index in [9.17, 15) is 0 Å². The number of hydrogen-bond acceptors (Lipinski definition) is 2. The molecule has 0 N–H and O–H groups in total. The summed E-state index contributed by atoms with van der Waals surface area (Å²) in [4.78, 5) is 2.46. The molecule has 1 aromatic rings. The third kappa shape index (κ3) is 3.19. The maximum atomic E-state index is 6.24. The Morgan fingerprint density at radius 2 is 2.40 bits per heavy atom. The van der Waals surface area contributed by atoms with E-state index in [4.69, 9.17) is 11.6 Å². The van der Waals surface area contributed by atoms with E-state index in [1.165, 1.54) is 15.9 Å². The van der Waals surface area contributed by atoms with Crippen molar-refractivity contribution in [3.8, 4) is 0 Å². The number of halogens is 2. The maximum absolute atomic E-state index is 6.24. The van der Waals surface area contributed by atoms with Crippen LogP contribution < -0.4 is 0 Å². The maximum Gasteiger partial charge on any atom is 0.0743 e. The molecule has 0 radical (unpaired) electrons. The monoisotopic (exact) mass is 307 g/mol. The van der Waals surface area contributed by atoms with Gasteiger partial charge < -0.3 is 0 Å². The second kappa shape index (κ2) is 5.17. The molecule has 1 nitrogen and oxygen atoms in total. The average Bonchev–Trinajstić information content (AvgIpc) is 2.50. The SMILES string of the molecule is CC1CC(Cl)CN(Cc2ccsc2Br)C1. The number of rotatable bonds is 2. The minimum absolute atomic E-state index is 0.325. The largest absolute Gasteiger partial charge is 0.297 e. The highest BCUT2D eigenvalue weighted by Gasteiger charge is 2.23. The van der Waals surface area contributed by atoms with Crippen LogP contribution in [-0.2, 0) is 6.54 Å². The summed E-state index contributed by atoms with van der Waals surface area (Å²) in [6.07, 6.45) is 1.16. The average molecular weight is 309 g/mol. The molecule has 0 amide bonds. The van der Waals surface area contributed by atoms with Crippen LogP contribution in [0.25, 0.3) is 0 Å². The topological polar surface area (TPSA) is 3.24 Å². The van der Waals surface area contributed by atoms with Crippen LogP contribution >= 0.6 is 38.9 Å². The molecule has 1 saturated heterocycles. The van der Waals surface area contributed by atoms with Crippen molar-refractivity contribution in [3.63, 3.8) is 0 Å². The smallest absolute Gasteiger partial charge is 0.0743 e. The standard InChI is InChI=1S/C11H15BrClNS/c1-8-4-10(13)7-14(5-8)6-9-2-3-15-11(9)12/h2-3,8,10H,4-7H2,1H3. The van der Waals surface area contributed by atoms with E-state index in [1.807, 2.05) is 0 Å². The minimum atomic E-state index is 0.325. The highest BCUT2D eigenvalue weighted by Crippen LogP contribution is 2.27. The van der Waals surface area contributed by atoms with Crippen LogP contribution in [0, 0.1) is 5.92 Å². The van der Waals surface area contributed by atoms with Crippen LogP contribution in [0.3, 0.4) is 0 Å². The molecule has 84 valence electrons. The van der Waals surface area contributed by atoms with Crippen molar-refractivity contribution in [2.75, 3.05) is 13.1 Å². The van der Waals surface area contributed by atoms with Gasteiger partial charge in [-0.15, -0.1) is 22.9 Å². The molecule has 2 unspecified atom stereocenters. The Labute approximate surface area is 109 Å². The third-order valence-electron chi connectivity index (χ3n) is 2.77. The Kier molecular flexibility index (Phi) is 4.10. The van der Waals surface area contributed by atoms with E-state index in [-0.39, 0.29) is 0 Å². The Hall–Kier alpha value is 0.430. The van der Waals surface area contributed by atoms with Crippen LogP contribution in [0.4, 0.5) is 0 Å². The molecule has 2 atom stereocenters. The number of thiophene rings is 1. The highest BCUT2D eigenvalue weighted by atomic mass is 79.9. The van der Waals surface area contributed by atoms with Gasteiger partial charge in [-0.3, -0.25) is 4.90 Å². The van der Waals surface area contributed by atoms with Gasteiger partial charge in [-0.25, -0.2) is 0 Å². The normalized spacial score (nSPS) is 28.2. The van der Waals surface area contributed by atoms with Gasteiger partial charge in [-0.1, -0.05) is 6.92 Å². The molecule has 1 aliphatic rings. The van der Waals surface area contributed by atoms with Gasteiger partial charge in [0, 0.05) is 25.0 Å². The second-order valence-electron chi connectivity index (χ2n) is 4.35. The van der Waals surface area contributed by atoms with Gasteiger partial charge in [0.1, 0.15) is 0 Å². The summed E-state index contributed by atoms with van der Waals surface area (Å²) < 4.78 is 1.26. The van der Waals surface area contributed by atoms with E-state index in [0.717, 1.165) is 25.4 Å². The van der Waals surface area contributed by atoms with Gasteiger partial charge in [0.05, 0.1) is 3.79 Å². The number of likely N-dealkylation sites (tertiary alicyclic amines) is 1. The van der Waals surface area contributed by atoms with Crippen LogP contribution in [0.15, 0.2) is 15.2 Å². The van der Waals surface area contributed by atoms with Crippen molar-refractivity contribution in [2.24, 2.45) is 5.92 Å². The van der Waals surface area contributed by atoms with Crippen LogP contribution in [0.2, 0.25) is 0 Å². The predicted octanol–water partition coefficient (Wildman–Crippen LogP) is 3.96. The zero-order valence-electron chi connectivity index (χ0n) is 8.75. The molecule has 15 heavy (non-hydrogen) atoms. The summed E-state index contributed by atoms with van der Waals surface area (Å²) in [6.45, 7) is 5.50. The van der Waals surface area contributed by atoms with Crippen molar-refractivity contribution < 1.29 is 0 Å². The summed E-state index contributed by atoms with van der Waals surface area (Å²) in [5.41, 5.74) is 1.39. The van der Waals surface area contributed by atoms with E-state index in [2.05, 4.69) is 39.2 Å². The second-order valence-corrected chi connectivity index (χ2v) is 7.20. The van der Waals surface area contributed by atoms with Gasteiger partial charge in [-0.05, 0) is 45.3 Å². The molecule has 2 rings (SSSR count). The van der Waals surface area contributed by atoms with Crippen LogP contribution in [0.1, 0.15) is 18.9 Å². The van der Waals surface area contributed by atoms with Crippen molar-refractivity contribution in [1.29, 1.82) is 0 Å². The van der Waals surface area contributed by atoms with Crippen molar-refractivity contribution in [3.05, 3.63) is 20.8 Å². The highest BCUT2D eigenvalue weighted by molar-refractivity contribution is 9.11. The first kappa shape index (κ1) is 11.9. The van der Waals surface area contributed by atoms with E-state index >= 15 is 0 Å². The van der Waals surface area contributed by atoms with Crippen LogP contribution in [-0.4, -0.2) is 23.4 Å². The Morgan fingerprint density at radius 3 is 3.00 bits per heavy atom. The molecule has 0 spiro atoms. The van der Waals surface area contributed by atoms with Crippen molar-refractivity contribution >= 4 is 38.9 Å². The summed E-state index contributed by atoms with van der Waals surface area (Å²) in [7, 11) is 0. The van der Waals surface area contributed by atoms with E-state index in [1.54, 1.807) is 11.3 Å². The molecular formula is C11H15BrClNS. The summed E-state index contributed by atoms with van der Waals surface area (Å²) in [5.74, 6) is 0.721. The van der Waals surface area contributed by atoms with Gasteiger partial charge in [0.15, 0.2) is 0 Å². The van der Waals surface area contributed by atoms with E-state index in [0.29, 0.717) is 5.38 Å². The lowest BCUT2D eigenvalue weighted by molar-refractivity contribution is 0.180. The fourth-order valence-electron chi connectivity index (χ4n) is 2.18. The summed E-state index contributed by atoms with van der Waals surface area (Å²) >= 11 is 11.6. The lowest BCUT2D eigenvalue weighted by Gasteiger charge is -2.33. The fraction of sp³-hybridized carbons (Fsp3) is 0.636. The molecule has 0 aliphatic carbocycles.